The minimum atomic E-state index is -2.61. The SMILES string of the molecule is [2H]c1c(C([2H])([2H])C(C)(C)C)c(C([2H])([2H])[2H])c(C)[n+](C)c1-c1c(C)ccc2c1oc1ccc([N+]#[C-])cc12. The third kappa shape index (κ3) is 3.27. The van der Waals surface area contributed by atoms with Crippen LogP contribution in [0.3, 0.4) is 0 Å². The summed E-state index contributed by atoms with van der Waals surface area (Å²) in [5.41, 5.74) is 2.53. The quantitative estimate of drug-likeness (QED) is 0.257. The highest BCUT2D eigenvalue weighted by molar-refractivity contribution is 6.10. The second-order valence-electron chi connectivity index (χ2n) is 8.77. The summed E-state index contributed by atoms with van der Waals surface area (Å²) in [4.78, 5) is 3.52. The Morgan fingerprint density at radius 3 is 2.63 bits per heavy atom. The molecule has 3 heteroatoms. The van der Waals surface area contributed by atoms with Crippen molar-refractivity contribution in [2.24, 2.45) is 12.5 Å². The van der Waals surface area contributed by atoms with E-state index >= 15 is 0 Å². The number of nitrogens with zero attached hydrogens (tertiary/aromatic N) is 2. The minimum absolute atomic E-state index is 0.122. The summed E-state index contributed by atoms with van der Waals surface area (Å²) in [6, 6.07) is 8.84. The Morgan fingerprint density at radius 1 is 1.20 bits per heavy atom. The summed E-state index contributed by atoms with van der Waals surface area (Å²) in [6.07, 6.45) is -2.11. The van der Waals surface area contributed by atoms with E-state index < -0.39 is 18.6 Å². The molecule has 2 aromatic carbocycles. The molecule has 152 valence electrons. The monoisotopic (exact) mass is 403 g/mol. The number of pyridine rings is 1. The lowest BCUT2D eigenvalue weighted by Crippen LogP contribution is -2.36. The van der Waals surface area contributed by atoms with Gasteiger partial charge >= 0.3 is 0 Å². The van der Waals surface area contributed by atoms with E-state index in [-0.39, 0.29) is 17.2 Å². The lowest BCUT2D eigenvalue weighted by Gasteiger charge is -2.20. The Hall–Kier alpha value is -3.12. The van der Waals surface area contributed by atoms with Crippen molar-refractivity contribution < 1.29 is 17.2 Å². The zero-order valence-corrected chi connectivity index (χ0v) is 18.2. The molecule has 0 unspecified atom stereocenters. The molecule has 0 saturated heterocycles. The smallest absolute Gasteiger partial charge is 0.216 e. The summed E-state index contributed by atoms with van der Waals surface area (Å²) < 4.78 is 59.8. The van der Waals surface area contributed by atoms with E-state index in [1.165, 1.54) is 0 Å². The number of furan rings is 1. The Labute approximate surface area is 187 Å². The molecule has 4 aromatic rings. The Bertz CT molecular complexity index is 1580. The maximum absolute atomic E-state index is 9.26. The molecule has 0 saturated carbocycles. The second kappa shape index (κ2) is 6.99. The summed E-state index contributed by atoms with van der Waals surface area (Å²) >= 11 is 0. The fourth-order valence-corrected chi connectivity index (χ4v) is 3.77. The number of hydrogen-bond acceptors (Lipinski definition) is 1. The van der Waals surface area contributed by atoms with Crippen molar-refractivity contribution >= 4 is 27.6 Å². The van der Waals surface area contributed by atoms with E-state index in [0.717, 1.165) is 16.3 Å². The standard InChI is InChI=1S/C27H29N2O/c1-16-9-11-21-22-14-20(28-7)10-12-24(22)30-26(21)25(16)23-13-19(15-27(4,5)6)17(2)18(3)29(23)8/h9-14H,15H2,1-6,8H3/q+1/i2D3,13D,15D2. The number of fused-ring (bicyclic) bond motifs is 3. The largest absolute Gasteiger partial charge is 0.455 e. The van der Waals surface area contributed by atoms with E-state index in [9.17, 15) is 1.37 Å². The van der Waals surface area contributed by atoms with Crippen LogP contribution in [0, 0.1) is 32.7 Å². The van der Waals surface area contributed by atoms with Crippen LogP contribution in [0.1, 0.15) is 51.4 Å². The van der Waals surface area contributed by atoms with Gasteiger partial charge in [0.25, 0.3) is 0 Å². The first-order chi connectivity index (χ1) is 16.5. The molecule has 0 bridgehead atoms. The van der Waals surface area contributed by atoms with Gasteiger partial charge in [-0.2, -0.15) is 4.57 Å². The molecule has 0 aliphatic heterocycles. The Morgan fingerprint density at radius 2 is 1.97 bits per heavy atom. The fraction of sp³-hybridized carbons (Fsp3) is 0.333. The Balaban J connectivity index is 2.23. The van der Waals surface area contributed by atoms with E-state index in [1.54, 1.807) is 57.5 Å². The summed E-state index contributed by atoms with van der Waals surface area (Å²) in [7, 11) is 1.70. The molecule has 0 aliphatic carbocycles. The van der Waals surface area contributed by atoms with Crippen molar-refractivity contribution in [1.82, 2.24) is 0 Å². The van der Waals surface area contributed by atoms with Gasteiger partial charge in [0.1, 0.15) is 18.2 Å². The topological polar surface area (TPSA) is 21.4 Å². The highest BCUT2D eigenvalue weighted by Crippen LogP contribution is 2.39. The average Bonchev–Trinajstić information content (AvgIpc) is 3.13. The number of benzene rings is 2. The molecule has 4 rings (SSSR count). The predicted octanol–water partition coefficient (Wildman–Crippen LogP) is 7.14. The minimum Gasteiger partial charge on any atom is -0.455 e. The van der Waals surface area contributed by atoms with Crippen LogP contribution in [0.5, 0.6) is 0 Å². The lowest BCUT2D eigenvalue weighted by atomic mass is 9.85. The molecular formula is C27H29N2O+. The van der Waals surface area contributed by atoms with Crippen LogP contribution in [0.4, 0.5) is 5.69 Å². The van der Waals surface area contributed by atoms with Gasteiger partial charge in [0.05, 0.1) is 13.5 Å². The van der Waals surface area contributed by atoms with E-state index in [4.69, 9.17) is 17.8 Å². The number of aryl methyl sites for hydroxylation is 1. The van der Waals surface area contributed by atoms with Crippen molar-refractivity contribution in [3.05, 3.63) is 70.2 Å². The van der Waals surface area contributed by atoms with Gasteiger partial charge in [-0.1, -0.05) is 39.0 Å². The van der Waals surface area contributed by atoms with Crippen molar-refractivity contribution in [1.29, 1.82) is 0 Å². The molecule has 0 aliphatic rings. The van der Waals surface area contributed by atoms with Gasteiger partial charge in [0.2, 0.25) is 5.69 Å². The maximum atomic E-state index is 9.26. The van der Waals surface area contributed by atoms with Crippen molar-refractivity contribution in [2.45, 2.75) is 47.8 Å². The highest BCUT2D eigenvalue weighted by Gasteiger charge is 2.26. The summed E-state index contributed by atoms with van der Waals surface area (Å²) in [6.45, 7) is 13.4. The molecule has 0 fully saturated rings. The molecule has 0 atom stereocenters. The van der Waals surface area contributed by atoms with Crippen molar-refractivity contribution in [2.75, 3.05) is 0 Å². The maximum Gasteiger partial charge on any atom is 0.216 e. The summed E-state index contributed by atoms with van der Waals surface area (Å²) in [5.74, 6) is 0. The van der Waals surface area contributed by atoms with E-state index in [2.05, 4.69) is 4.85 Å². The van der Waals surface area contributed by atoms with E-state index in [0.29, 0.717) is 33.8 Å². The molecule has 2 aromatic heterocycles. The molecule has 0 radical (unpaired) electrons. The third-order valence-corrected chi connectivity index (χ3v) is 5.39. The molecule has 3 nitrogen and oxygen atoms in total. The zero-order chi connectivity index (χ0) is 27.0. The molecule has 0 spiro atoms. The van der Waals surface area contributed by atoms with Crippen LogP contribution in [0.2, 0.25) is 0 Å². The number of aromatic nitrogens is 1. The predicted molar refractivity (Wildman–Crippen MR) is 124 cm³/mol. The summed E-state index contributed by atoms with van der Waals surface area (Å²) in [5, 5.41) is 1.54. The molecular weight excluding hydrogens is 368 g/mol. The first-order valence-electron chi connectivity index (χ1n) is 12.9. The van der Waals surface area contributed by atoms with Gasteiger partial charge in [-0.15, -0.1) is 0 Å². The first-order valence-corrected chi connectivity index (χ1v) is 9.90. The average molecular weight is 404 g/mol. The Kier molecular flexibility index (Phi) is 3.26. The van der Waals surface area contributed by atoms with Gasteiger partial charge < -0.3 is 4.42 Å². The molecule has 2 heterocycles. The first kappa shape index (κ1) is 14.0. The van der Waals surface area contributed by atoms with Gasteiger partial charge in [0.15, 0.2) is 11.4 Å². The number of rotatable bonds is 2. The van der Waals surface area contributed by atoms with Gasteiger partial charge in [0, 0.05) is 36.2 Å². The zero-order valence-electron chi connectivity index (χ0n) is 24.2. The lowest BCUT2D eigenvalue weighted by molar-refractivity contribution is -0.667. The number of hydrogen-bond donors (Lipinski definition) is 0. The van der Waals surface area contributed by atoms with Crippen molar-refractivity contribution in [3.63, 3.8) is 0 Å². The fourth-order valence-electron chi connectivity index (χ4n) is 3.77. The van der Waals surface area contributed by atoms with Crippen LogP contribution in [0.15, 0.2) is 40.8 Å². The normalized spacial score (nSPS) is 15.8. The van der Waals surface area contributed by atoms with E-state index in [1.807, 2.05) is 19.1 Å². The third-order valence-electron chi connectivity index (χ3n) is 5.39. The van der Waals surface area contributed by atoms with Crippen LogP contribution < -0.4 is 4.57 Å². The van der Waals surface area contributed by atoms with Crippen LogP contribution in [-0.2, 0) is 13.4 Å². The van der Waals surface area contributed by atoms with Crippen LogP contribution in [-0.4, -0.2) is 0 Å². The molecule has 0 amide bonds. The van der Waals surface area contributed by atoms with Gasteiger partial charge in [-0.25, -0.2) is 4.85 Å². The second-order valence-corrected chi connectivity index (χ2v) is 8.77. The van der Waals surface area contributed by atoms with Crippen molar-refractivity contribution in [3.8, 4) is 11.3 Å². The molecule has 30 heavy (non-hydrogen) atoms. The van der Waals surface area contributed by atoms with Crippen LogP contribution >= 0.6 is 0 Å². The molecule has 0 N–H and O–H groups in total. The van der Waals surface area contributed by atoms with Gasteiger partial charge in [-0.05, 0) is 48.8 Å². The van der Waals surface area contributed by atoms with Gasteiger partial charge in [-0.3, -0.25) is 0 Å². The highest BCUT2D eigenvalue weighted by atomic mass is 16.3. The van der Waals surface area contributed by atoms with Crippen LogP contribution in [0.25, 0.3) is 38.0 Å².